The van der Waals surface area contributed by atoms with Crippen LogP contribution in [0, 0.1) is 0 Å². The summed E-state index contributed by atoms with van der Waals surface area (Å²) in [6.07, 6.45) is 6.59. The first kappa shape index (κ1) is 52.2. The monoisotopic (exact) mass is 1100 g/mol. The van der Waals surface area contributed by atoms with Gasteiger partial charge in [-0.2, -0.15) is 10.2 Å². The van der Waals surface area contributed by atoms with Crippen LogP contribution in [0.15, 0.2) is 180 Å². The third kappa shape index (κ3) is 10.8. The van der Waals surface area contributed by atoms with Gasteiger partial charge in [0, 0.05) is 46.5 Å². The van der Waals surface area contributed by atoms with Gasteiger partial charge in [0.05, 0.1) is 74.0 Å². The van der Waals surface area contributed by atoms with E-state index in [0.29, 0.717) is 91.0 Å². The summed E-state index contributed by atoms with van der Waals surface area (Å²) in [5, 5.41) is 10.6. The SMILES string of the molecule is Nc1cnn2c3c(c(=O)n(-c4ccccc4)c12)CCN(C(=O)c1ccc(Cl)c(Cl)c1)C3.O=C(c1ccc(Cl)c(Cl)c1)N1CCc2c(n3ncc(CCc4ccccc4)c3n(-c3ccccc3)c2=O)C1.O=Cc1ccccc1. The van der Waals surface area contributed by atoms with Crippen LogP contribution in [0.5, 0.6) is 0 Å². The first-order valence-electron chi connectivity index (χ1n) is 24.6. The number of amides is 2. The number of nitrogen functional groups attached to an aromatic ring is 1. The maximum absolute atomic E-state index is 14.0. The normalized spacial score (nSPS) is 12.7. The maximum Gasteiger partial charge on any atom is 0.261 e. The van der Waals surface area contributed by atoms with E-state index in [0.717, 1.165) is 47.3 Å². The van der Waals surface area contributed by atoms with E-state index in [1.807, 2.05) is 108 Å². The van der Waals surface area contributed by atoms with Crippen LogP contribution < -0.4 is 16.9 Å². The molecule has 0 saturated heterocycles. The summed E-state index contributed by atoms with van der Waals surface area (Å²) in [6.45, 7) is 1.33. The highest BCUT2D eigenvalue weighted by Gasteiger charge is 2.31. The Hall–Kier alpha value is -8.27. The minimum atomic E-state index is -0.190. The molecule has 0 bridgehead atoms. The number of carbonyl (C=O) groups is 3. The highest BCUT2D eigenvalue weighted by molar-refractivity contribution is 6.42. The summed E-state index contributed by atoms with van der Waals surface area (Å²) in [5.41, 5.74) is 15.6. The molecule has 0 aliphatic carbocycles. The molecular formula is C59H47Cl4N9O5. The molecular weight excluding hydrogens is 1060 g/mol. The van der Waals surface area contributed by atoms with Gasteiger partial charge in [-0.05, 0) is 91.9 Å². The number of halogens is 4. The van der Waals surface area contributed by atoms with Crippen molar-refractivity contribution in [1.29, 1.82) is 0 Å². The van der Waals surface area contributed by atoms with Gasteiger partial charge in [0.2, 0.25) is 0 Å². The number of anilines is 1. The van der Waals surface area contributed by atoms with E-state index in [9.17, 15) is 24.0 Å². The average Bonchev–Trinajstić information content (AvgIpc) is 4.24. The Labute approximate surface area is 461 Å². The summed E-state index contributed by atoms with van der Waals surface area (Å²) in [6, 6.07) is 48.0. The van der Waals surface area contributed by atoms with E-state index < -0.39 is 0 Å². The molecule has 2 amide bonds. The molecule has 6 aromatic carbocycles. The first-order chi connectivity index (χ1) is 37.4. The third-order valence-corrected chi connectivity index (χ3v) is 15.0. The largest absolute Gasteiger partial charge is 0.394 e. The highest BCUT2D eigenvalue weighted by atomic mass is 35.5. The van der Waals surface area contributed by atoms with Gasteiger partial charge in [0.15, 0.2) is 5.65 Å². The van der Waals surface area contributed by atoms with E-state index in [1.54, 1.807) is 72.0 Å². The van der Waals surface area contributed by atoms with Gasteiger partial charge in [-0.1, -0.05) is 143 Å². The van der Waals surface area contributed by atoms with Crippen molar-refractivity contribution in [3.63, 3.8) is 0 Å². The van der Waals surface area contributed by atoms with Crippen molar-refractivity contribution >= 4 is 81.5 Å². The van der Waals surface area contributed by atoms with Crippen molar-refractivity contribution in [2.24, 2.45) is 0 Å². The van der Waals surface area contributed by atoms with Crippen LogP contribution in [0.4, 0.5) is 5.69 Å². The molecule has 2 aliphatic heterocycles. The number of benzene rings is 6. The van der Waals surface area contributed by atoms with Gasteiger partial charge in [-0.15, -0.1) is 0 Å². The van der Waals surface area contributed by atoms with Gasteiger partial charge >= 0.3 is 0 Å². The second-order valence-corrected chi connectivity index (χ2v) is 19.9. The summed E-state index contributed by atoms with van der Waals surface area (Å²) < 4.78 is 6.85. The fourth-order valence-electron chi connectivity index (χ4n) is 9.63. The van der Waals surface area contributed by atoms with Crippen LogP contribution in [-0.2, 0) is 38.8 Å². The number of para-hydroxylation sites is 2. The fourth-order valence-corrected chi connectivity index (χ4v) is 10.2. The molecule has 14 nitrogen and oxygen atoms in total. The summed E-state index contributed by atoms with van der Waals surface area (Å²) in [4.78, 5) is 67.3. The number of hydrogen-bond donors (Lipinski definition) is 1. The Balaban J connectivity index is 0.000000155. The minimum absolute atomic E-state index is 0.0678. The Morgan fingerprint density at radius 3 is 1.44 bits per heavy atom. The van der Waals surface area contributed by atoms with Gasteiger partial charge in [0.1, 0.15) is 11.9 Å². The lowest BCUT2D eigenvalue weighted by molar-refractivity contribution is 0.0722. The number of nitrogens with zero attached hydrogens (tertiary/aromatic N) is 8. The number of fused-ring (bicyclic) bond motifs is 6. The molecule has 0 atom stereocenters. The number of carbonyl (C=O) groups excluding carboxylic acids is 3. The van der Waals surface area contributed by atoms with Gasteiger partial charge in [-0.25, -0.2) is 9.03 Å². The van der Waals surface area contributed by atoms with Gasteiger partial charge in [-0.3, -0.25) is 33.1 Å². The Bertz CT molecular complexity index is 3960. The zero-order chi connectivity index (χ0) is 53.7. The van der Waals surface area contributed by atoms with Gasteiger partial charge < -0.3 is 15.5 Å². The molecule has 0 spiro atoms. The molecule has 18 heteroatoms. The van der Waals surface area contributed by atoms with E-state index in [2.05, 4.69) is 17.2 Å². The number of aromatic nitrogens is 6. The van der Waals surface area contributed by atoms with Crippen molar-refractivity contribution < 1.29 is 14.4 Å². The van der Waals surface area contributed by atoms with Crippen LogP contribution in [0.1, 0.15) is 64.7 Å². The van der Waals surface area contributed by atoms with Gasteiger partial charge in [0.25, 0.3) is 22.9 Å². The van der Waals surface area contributed by atoms with Crippen molar-refractivity contribution in [2.75, 3.05) is 18.8 Å². The predicted molar refractivity (Wildman–Crippen MR) is 301 cm³/mol. The summed E-state index contributed by atoms with van der Waals surface area (Å²) >= 11 is 24.3. The van der Waals surface area contributed by atoms with E-state index in [4.69, 9.17) is 57.2 Å². The smallest absolute Gasteiger partial charge is 0.261 e. The Morgan fingerprint density at radius 2 is 0.974 bits per heavy atom. The molecule has 4 aromatic heterocycles. The van der Waals surface area contributed by atoms with Crippen molar-refractivity contribution in [3.8, 4) is 11.4 Å². The van der Waals surface area contributed by atoms with Crippen molar-refractivity contribution in [1.82, 2.24) is 38.2 Å². The van der Waals surface area contributed by atoms with Crippen LogP contribution in [0.2, 0.25) is 20.1 Å². The minimum Gasteiger partial charge on any atom is -0.394 e. The van der Waals surface area contributed by atoms with Crippen molar-refractivity contribution in [2.45, 2.75) is 38.8 Å². The molecule has 12 rings (SSSR count). The maximum atomic E-state index is 14.0. The second kappa shape index (κ2) is 22.9. The molecule has 2 aliphatic rings. The quantitative estimate of drug-likeness (QED) is 0.147. The topological polar surface area (TPSA) is 162 Å². The number of aldehydes is 1. The molecule has 10 aromatic rings. The molecule has 0 radical (unpaired) electrons. The molecule has 0 fully saturated rings. The standard InChI is InChI=1S/C30H24Cl2N4O2.C22H17Cl2N5O2.C7H6O/c31-25-14-13-21(17-26(25)32)29(37)34-16-15-24-27(19-34)36-28(35(30(24)38)23-9-5-2-6-10-23)22(18-33-36)12-11-20-7-3-1-4-8-20;23-16-7-6-13(10-17(16)24)21(30)27-9-8-15-19(12-27)29-20(18(25)11-26-29)28(22(15)31)14-4-2-1-3-5-14;8-6-7-4-2-1-3-5-7/h1-10,13-14,17-18H,11-12,15-16,19H2;1-7,10-11H,8-9,12,25H2;1-6H. The predicted octanol–water partition coefficient (Wildman–Crippen LogP) is 10.8. The van der Waals surface area contributed by atoms with Crippen LogP contribution in [0.25, 0.3) is 22.7 Å². The summed E-state index contributed by atoms with van der Waals surface area (Å²) in [5.74, 6) is -0.351. The number of rotatable bonds is 8. The molecule has 0 saturated carbocycles. The van der Waals surface area contributed by atoms with E-state index in [1.165, 1.54) is 11.8 Å². The first-order valence-corrected chi connectivity index (χ1v) is 26.1. The van der Waals surface area contributed by atoms with Crippen LogP contribution >= 0.6 is 46.4 Å². The third-order valence-electron chi connectivity index (χ3n) is 13.5. The molecule has 77 heavy (non-hydrogen) atoms. The van der Waals surface area contributed by atoms with Crippen LogP contribution in [-0.4, -0.2) is 69.4 Å². The second-order valence-electron chi connectivity index (χ2n) is 18.3. The number of hydrogen-bond acceptors (Lipinski definition) is 8. The number of nitrogens with two attached hydrogens (primary N) is 1. The molecule has 386 valence electrons. The highest BCUT2D eigenvalue weighted by Crippen LogP contribution is 2.29. The summed E-state index contributed by atoms with van der Waals surface area (Å²) in [7, 11) is 0. The fraction of sp³-hybridized carbons (Fsp3) is 0.136. The lowest BCUT2D eigenvalue weighted by Crippen LogP contribution is -2.41. The zero-order valence-corrected chi connectivity index (χ0v) is 44.1. The average molecular weight is 1100 g/mol. The molecule has 0 unspecified atom stereocenters. The van der Waals surface area contributed by atoms with Crippen molar-refractivity contribution in [3.05, 3.63) is 261 Å². The Morgan fingerprint density at radius 1 is 0.532 bits per heavy atom. The Kier molecular flexibility index (Phi) is 15.5. The van der Waals surface area contributed by atoms with E-state index >= 15 is 0 Å². The zero-order valence-electron chi connectivity index (χ0n) is 41.1. The molecule has 2 N–H and O–H groups in total. The van der Waals surface area contributed by atoms with Crippen LogP contribution in [0.3, 0.4) is 0 Å². The lowest BCUT2D eigenvalue weighted by Gasteiger charge is -2.29. The number of aryl methyl sites for hydroxylation is 2. The molecule has 6 heterocycles. The van der Waals surface area contributed by atoms with E-state index in [-0.39, 0.29) is 36.0 Å². The lowest BCUT2D eigenvalue weighted by atomic mass is 10.0.